The number of alkyl carbamates (subject to hydrolysis) is 1. The first-order valence-corrected chi connectivity index (χ1v) is 7.88. The summed E-state index contributed by atoms with van der Waals surface area (Å²) in [5, 5.41) is 6.14. The molecule has 0 aromatic heterocycles. The van der Waals surface area contributed by atoms with Crippen LogP contribution in [0.3, 0.4) is 0 Å². The van der Waals surface area contributed by atoms with Gasteiger partial charge in [0.1, 0.15) is 5.60 Å². The Morgan fingerprint density at radius 1 is 1.28 bits per heavy atom. The molecule has 4 nitrogen and oxygen atoms in total. The van der Waals surface area contributed by atoms with Gasteiger partial charge in [-0.05, 0) is 57.6 Å². The van der Waals surface area contributed by atoms with Gasteiger partial charge in [-0.3, -0.25) is 0 Å². The predicted molar refractivity (Wildman–Crippen MR) is 77.2 cm³/mol. The molecule has 0 aromatic carbocycles. The highest BCUT2D eigenvalue weighted by atomic mass is 32.2. The third kappa shape index (κ3) is 7.82. The lowest BCUT2D eigenvalue weighted by atomic mass is 10.0. The van der Waals surface area contributed by atoms with Crippen LogP contribution >= 0.6 is 11.8 Å². The molecule has 1 fully saturated rings. The third-order valence-corrected chi connectivity index (χ3v) is 3.79. The molecule has 1 amide bonds. The number of carbonyl (C=O) groups is 1. The van der Waals surface area contributed by atoms with E-state index in [2.05, 4.69) is 22.4 Å². The molecule has 0 radical (unpaired) electrons. The van der Waals surface area contributed by atoms with Crippen LogP contribution in [0.2, 0.25) is 0 Å². The summed E-state index contributed by atoms with van der Waals surface area (Å²) in [6, 6.07) is 0. The quantitative estimate of drug-likeness (QED) is 0.755. The molecular weight excluding hydrogens is 248 g/mol. The van der Waals surface area contributed by atoms with Crippen molar-refractivity contribution >= 4 is 17.9 Å². The van der Waals surface area contributed by atoms with Crippen molar-refractivity contribution in [3.63, 3.8) is 0 Å². The Kier molecular flexibility index (Phi) is 6.86. The maximum absolute atomic E-state index is 11.4. The molecule has 18 heavy (non-hydrogen) atoms. The molecule has 0 atom stereocenters. The summed E-state index contributed by atoms with van der Waals surface area (Å²) in [5.74, 6) is 3.40. The van der Waals surface area contributed by atoms with Gasteiger partial charge in [0.05, 0.1) is 0 Å². The molecular formula is C13H26N2O2S. The summed E-state index contributed by atoms with van der Waals surface area (Å²) in [4.78, 5) is 11.4. The van der Waals surface area contributed by atoms with Gasteiger partial charge < -0.3 is 15.4 Å². The summed E-state index contributed by atoms with van der Waals surface area (Å²) in [6.07, 6.45) is 2.30. The second kappa shape index (κ2) is 7.89. The zero-order valence-electron chi connectivity index (χ0n) is 11.8. The molecule has 0 aromatic rings. The minimum atomic E-state index is -0.419. The molecule has 0 spiro atoms. The fourth-order valence-corrected chi connectivity index (χ4v) is 3.03. The van der Waals surface area contributed by atoms with Crippen LogP contribution in [-0.4, -0.2) is 42.8 Å². The fraction of sp³-hybridized carbons (Fsp3) is 0.923. The minimum absolute atomic E-state index is 0.335. The van der Waals surface area contributed by atoms with Crippen LogP contribution in [0.25, 0.3) is 0 Å². The number of rotatable bonds is 5. The van der Waals surface area contributed by atoms with E-state index in [1.807, 2.05) is 20.8 Å². The van der Waals surface area contributed by atoms with Crippen molar-refractivity contribution < 1.29 is 9.53 Å². The zero-order valence-corrected chi connectivity index (χ0v) is 12.6. The predicted octanol–water partition coefficient (Wildman–Crippen LogP) is 2.24. The second-order valence-electron chi connectivity index (χ2n) is 5.69. The van der Waals surface area contributed by atoms with Gasteiger partial charge in [-0.15, -0.1) is 0 Å². The Morgan fingerprint density at radius 2 is 1.94 bits per heavy atom. The average molecular weight is 274 g/mol. The molecule has 0 bridgehead atoms. The number of nitrogens with one attached hydrogen (secondary N) is 2. The van der Waals surface area contributed by atoms with E-state index < -0.39 is 5.60 Å². The van der Waals surface area contributed by atoms with Gasteiger partial charge in [-0.25, -0.2) is 4.79 Å². The standard InChI is InChI=1S/C13H26N2O2S/c1-13(2,3)17-12(16)15-7-6-14-10-11-4-8-18-9-5-11/h11,14H,4-10H2,1-3H3,(H,15,16). The van der Waals surface area contributed by atoms with Gasteiger partial charge in [0.2, 0.25) is 0 Å². The van der Waals surface area contributed by atoms with Gasteiger partial charge in [-0.1, -0.05) is 0 Å². The fourth-order valence-electron chi connectivity index (χ4n) is 1.82. The summed E-state index contributed by atoms with van der Waals surface area (Å²) in [5.41, 5.74) is -0.419. The van der Waals surface area contributed by atoms with Gasteiger partial charge >= 0.3 is 6.09 Å². The number of ether oxygens (including phenoxy) is 1. The van der Waals surface area contributed by atoms with Crippen molar-refractivity contribution in [2.45, 2.75) is 39.2 Å². The van der Waals surface area contributed by atoms with Crippen LogP contribution in [0.1, 0.15) is 33.6 Å². The highest BCUT2D eigenvalue weighted by Gasteiger charge is 2.15. The van der Waals surface area contributed by atoms with Crippen LogP contribution in [-0.2, 0) is 4.74 Å². The molecule has 1 heterocycles. The Balaban J connectivity index is 1.96. The van der Waals surface area contributed by atoms with E-state index in [0.29, 0.717) is 6.54 Å². The van der Waals surface area contributed by atoms with Crippen molar-refractivity contribution in [3.8, 4) is 0 Å². The Morgan fingerprint density at radius 3 is 2.56 bits per heavy atom. The summed E-state index contributed by atoms with van der Waals surface area (Å²) in [6.45, 7) is 8.10. The summed E-state index contributed by atoms with van der Waals surface area (Å²) in [7, 11) is 0. The first-order chi connectivity index (χ1) is 8.47. The summed E-state index contributed by atoms with van der Waals surface area (Å²) < 4.78 is 5.15. The molecule has 0 aliphatic carbocycles. The molecule has 106 valence electrons. The molecule has 1 aliphatic rings. The highest BCUT2D eigenvalue weighted by Crippen LogP contribution is 2.21. The van der Waals surface area contributed by atoms with Crippen LogP contribution in [0.4, 0.5) is 4.79 Å². The lowest BCUT2D eigenvalue weighted by Crippen LogP contribution is -2.37. The SMILES string of the molecule is CC(C)(C)OC(=O)NCCNCC1CCSCC1. The Bertz CT molecular complexity index is 248. The lowest BCUT2D eigenvalue weighted by molar-refractivity contribution is 0.0528. The van der Waals surface area contributed by atoms with Crippen LogP contribution in [0.15, 0.2) is 0 Å². The zero-order chi connectivity index (χ0) is 13.4. The number of thioether (sulfide) groups is 1. The minimum Gasteiger partial charge on any atom is -0.444 e. The van der Waals surface area contributed by atoms with Crippen LogP contribution < -0.4 is 10.6 Å². The van der Waals surface area contributed by atoms with Crippen molar-refractivity contribution in [3.05, 3.63) is 0 Å². The maximum atomic E-state index is 11.4. The molecule has 1 rings (SSSR count). The number of amides is 1. The monoisotopic (exact) mass is 274 g/mol. The molecule has 1 aliphatic heterocycles. The molecule has 1 saturated heterocycles. The lowest BCUT2D eigenvalue weighted by Gasteiger charge is -2.22. The van der Waals surface area contributed by atoms with Crippen LogP contribution in [0, 0.1) is 5.92 Å². The Hall–Kier alpha value is -0.420. The van der Waals surface area contributed by atoms with E-state index in [9.17, 15) is 4.79 Å². The smallest absolute Gasteiger partial charge is 0.407 e. The van der Waals surface area contributed by atoms with Gasteiger partial charge in [0, 0.05) is 13.1 Å². The normalized spacial score (nSPS) is 17.5. The van der Waals surface area contributed by atoms with Gasteiger partial charge in [0.15, 0.2) is 0 Å². The van der Waals surface area contributed by atoms with E-state index in [4.69, 9.17) is 4.74 Å². The van der Waals surface area contributed by atoms with Crippen molar-refractivity contribution in [1.29, 1.82) is 0 Å². The molecule has 0 saturated carbocycles. The van der Waals surface area contributed by atoms with Crippen molar-refractivity contribution in [1.82, 2.24) is 10.6 Å². The first-order valence-electron chi connectivity index (χ1n) is 6.73. The topological polar surface area (TPSA) is 50.4 Å². The number of hydrogen-bond acceptors (Lipinski definition) is 4. The van der Waals surface area contributed by atoms with Crippen LogP contribution in [0.5, 0.6) is 0 Å². The van der Waals surface area contributed by atoms with Crippen molar-refractivity contribution in [2.75, 3.05) is 31.1 Å². The van der Waals surface area contributed by atoms with Gasteiger partial charge in [-0.2, -0.15) is 11.8 Å². The van der Waals surface area contributed by atoms with E-state index in [0.717, 1.165) is 19.0 Å². The first kappa shape index (κ1) is 15.6. The van der Waals surface area contributed by atoms with Crippen molar-refractivity contribution in [2.24, 2.45) is 5.92 Å². The molecule has 5 heteroatoms. The molecule has 2 N–H and O–H groups in total. The number of carbonyl (C=O) groups excluding carboxylic acids is 1. The maximum Gasteiger partial charge on any atom is 0.407 e. The van der Waals surface area contributed by atoms with E-state index in [1.165, 1.54) is 24.3 Å². The van der Waals surface area contributed by atoms with E-state index in [-0.39, 0.29) is 6.09 Å². The van der Waals surface area contributed by atoms with E-state index in [1.54, 1.807) is 0 Å². The average Bonchev–Trinajstić information content (AvgIpc) is 2.27. The summed E-state index contributed by atoms with van der Waals surface area (Å²) >= 11 is 2.05. The van der Waals surface area contributed by atoms with Gasteiger partial charge in [0.25, 0.3) is 0 Å². The Labute approximate surface area is 115 Å². The largest absolute Gasteiger partial charge is 0.444 e. The van der Waals surface area contributed by atoms with E-state index >= 15 is 0 Å². The second-order valence-corrected chi connectivity index (χ2v) is 6.91. The third-order valence-electron chi connectivity index (χ3n) is 2.74. The highest BCUT2D eigenvalue weighted by molar-refractivity contribution is 7.99. The number of hydrogen-bond donors (Lipinski definition) is 2. The molecule has 0 unspecified atom stereocenters.